The Morgan fingerprint density at radius 3 is 2.07 bits per heavy atom. The standard InChI is InChI=1S/C22H21ClN4OS/c1-15(28)25-17-7-9-18(10-8-17)26-22(29)27-19-11-12-21(20(23)13-19)24-14-16-5-3-2-4-6-16/h2-13,24H,14H2,1H3,(H,25,28)(H2,26,27,29). The van der Waals surface area contributed by atoms with Gasteiger partial charge in [0.05, 0.1) is 10.7 Å². The lowest BCUT2D eigenvalue weighted by atomic mass is 10.2. The zero-order valence-electron chi connectivity index (χ0n) is 15.8. The minimum atomic E-state index is -0.110. The third-order valence-electron chi connectivity index (χ3n) is 4.02. The van der Waals surface area contributed by atoms with Crippen molar-refractivity contribution in [1.29, 1.82) is 0 Å². The molecule has 0 saturated carbocycles. The molecule has 0 bridgehead atoms. The number of nitrogens with one attached hydrogen (secondary N) is 4. The molecule has 0 radical (unpaired) electrons. The number of anilines is 4. The average Bonchev–Trinajstić information content (AvgIpc) is 2.69. The molecule has 0 aliphatic heterocycles. The fourth-order valence-corrected chi connectivity index (χ4v) is 3.15. The SMILES string of the molecule is CC(=O)Nc1ccc(NC(=S)Nc2ccc(NCc3ccccc3)c(Cl)c2)cc1. The quantitative estimate of drug-likeness (QED) is 0.381. The van der Waals surface area contributed by atoms with Crippen molar-refractivity contribution in [1.82, 2.24) is 0 Å². The maximum absolute atomic E-state index is 11.1. The summed E-state index contributed by atoms with van der Waals surface area (Å²) in [6.45, 7) is 2.17. The van der Waals surface area contributed by atoms with E-state index in [2.05, 4.69) is 33.4 Å². The van der Waals surface area contributed by atoms with Gasteiger partial charge in [-0.3, -0.25) is 4.79 Å². The molecule has 1 amide bonds. The van der Waals surface area contributed by atoms with Gasteiger partial charge in [-0.05, 0) is 60.2 Å². The minimum absolute atomic E-state index is 0.110. The highest BCUT2D eigenvalue weighted by molar-refractivity contribution is 7.80. The largest absolute Gasteiger partial charge is 0.380 e. The van der Waals surface area contributed by atoms with E-state index in [1.807, 2.05) is 48.5 Å². The van der Waals surface area contributed by atoms with Gasteiger partial charge in [0.1, 0.15) is 0 Å². The fourth-order valence-electron chi connectivity index (χ4n) is 2.66. The first-order valence-corrected chi connectivity index (χ1v) is 9.81. The Morgan fingerprint density at radius 1 is 0.862 bits per heavy atom. The highest BCUT2D eigenvalue weighted by Gasteiger charge is 2.05. The van der Waals surface area contributed by atoms with Gasteiger partial charge in [-0.1, -0.05) is 41.9 Å². The van der Waals surface area contributed by atoms with Crippen molar-refractivity contribution in [3.63, 3.8) is 0 Å². The predicted molar refractivity (Wildman–Crippen MR) is 126 cm³/mol. The number of thiocarbonyl (C=S) groups is 1. The summed E-state index contributed by atoms with van der Waals surface area (Å²) in [6, 6.07) is 23.0. The zero-order chi connectivity index (χ0) is 20.6. The molecule has 0 aliphatic carbocycles. The second-order valence-electron chi connectivity index (χ2n) is 6.37. The van der Waals surface area contributed by atoms with Gasteiger partial charge in [-0.15, -0.1) is 0 Å². The van der Waals surface area contributed by atoms with Crippen molar-refractivity contribution in [3.8, 4) is 0 Å². The average molecular weight is 425 g/mol. The van der Waals surface area contributed by atoms with Crippen molar-refractivity contribution in [2.45, 2.75) is 13.5 Å². The monoisotopic (exact) mass is 424 g/mol. The van der Waals surface area contributed by atoms with Crippen LogP contribution in [-0.4, -0.2) is 11.0 Å². The zero-order valence-corrected chi connectivity index (χ0v) is 17.4. The van der Waals surface area contributed by atoms with Gasteiger partial charge in [0.2, 0.25) is 5.91 Å². The Morgan fingerprint density at radius 2 is 1.45 bits per heavy atom. The number of carbonyl (C=O) groups is 1. The number of hydrogen-bond donors (Lipinski definition) is 4. The molecule has 0 fully saturated rings. The van der Waals surface area contributed by atoms with Crippen LogP contribution in [0.2, 0.25) is 5.02 Å². The van der Waals surface area contributed by atoms with Crippen molar-refractivity contribution in [2.75, 3.05) is 21.3 Å². The first-order valence-electron chi connectivity index (χ1n) is 9.02. The van der Waals surface area contributed by atoms with Crippen molar-refractivity contribution >= 4 is 57.6 Å². The molecule has 5 nitrogen and oxygen atoms in total. The van der Waals surface area contributed by atoms with Crippen LogP contribution >= 0.6 is 23.8 Å². The Labute approximate surface area is 180 Å². The summed E-state index contributed by atoms with van der Waals surface area (Å²) in [7, 11) is 0. The van der Waals surface area contributed by atoms with Gasteiger partial charge in [-0.2, -0.15) is 0 Å². The predicted octanol–water partition coefficient (Wildman–Crippen LogP) is 5.72. The van der Waals surface area contributed by atoms with Crippen LogP contribution in [0.4, 0.5) is 22.7 Å². The molecule has 3 aromatic rings. The lowest BCUT2D eigenvalue weighted by Gasteiger charge is -2.13. The maximum Gasteiger partial charge on any atom is 0.221 e. The number of hydrogen-bond acceptors (Lipinski definition) is 3. The van der Waals surface area contributed by atoms with Crippen LogP contribution in [0.3, 0.4) is 0 Å². The van der Waals surface area contributed by atoms with Crippen molar-refractivity contribution < 1.29 is 4.79 Å². The highest BCUT2D eigenvalue weighted by Crippen LogP contribution is 2.26. The summed E-state index contributed by atoms with van der Waals surface area (Å²) in [4.78, 5) is 11.1. The summed E-state index contributed by atoms with van der Waals surface area (Å²) in [5.41, 5.74) is 4.36. The number of rotatable bonds is 6. The van der Waals surface area contributed by atoms with E-state index in [-0.39, 0.29) is 5.91 Å². The van der Waals surface area contributed by atoms with Crippen molar-refractivity contribution in [2.24, 2.45) is 0 Å². The summed E-state index contributed by atoms with van der Waals surface area (Å²) in [5, 5.41) is 13.3. The Balaban J connectivity index is 1.55. The number of halogens is 1. The third-order valence-corrected chi connectivity index (χ3v) is 4.53. The second-order valence-corrected chi connectivity index (χ2v) is 7.19. The summed E-state index contributed by atoms with van der Waals surface area (Å²) in [5.74, 6) is -0.110. The van der Waals surface area contributed by atoms with Gasteiger partial charge in [0, 0.05) is 30.5 Å². The topological polar surface area (TPSA) is 65.2 Å². The first kappa shape index (κ1) is 20.6. The number of carbonyl (C=O) groups excluding carboxylic acids is 1. The maximum atomic E-state index is 11.1. The summed E-state index contributed by atoms with van der Waals surface area (Å²) < 4.78 is 0. The van der Waals surface area contributed by atoms with Crippen LogP contribution in [0.25, 0.3) is 0 Å². The molecule has 0 aliphatic rings. The molecule has 0 spiro atoms. The molecular formula is C22H21ClN4OS. The summed E-state index contributed by atoms with van der Waals surface area (Å²) in [6.07, 6.45) is 0. The molecule has 7 heteroatoms. The van der Waals surface area contributed by atoms with Crippen molar-refractivity contribution in [3.05, 3.63) is 83.4 Å². The molecular weight excluding hydrogens is 404 g/mol. The molecule has 0 saturated heterocycles. The molecule has 4 N–H and O–H groups in total. The van der Waals surface area contributed by atoms with E-state index >= 15 is 0 Å². The van der Waals surface area contributed by atoms with E-state index in [9.17, 15) is 4.79 Å². The lowest BCUT2D eigenvalue weighted by molar-refractivity contribution is -0.114. The van der Waals surface area contributed by atoms with Crippen LogP contribution < -0.4 is 21.3 Å². The normalized spacial score (nSPS) is 10.1. The van der Waals surface area contributed by atoms with E-state index in [1.165, 1.54) is 12.5 Å². The van der Waals surface area contributed by atoms with E-state index < -0.39 is 0 Å². The van der Waals surface area contributed by atoms with E-state index in [1.54, 1.807) is 12.1 Å². The van der Waals surface area contributed by atoms with Crippen LogP contribution in [0.15, 0.2) is 72.8 Å². The van der Waals surface area contributed by atoms with Gasteiger partial charge in [-0.25, -0.2) is 0 Å². The van der Waals surface area contributed by atoms with Crippen LogP contribution in [0.5, 0.6) is 0 Å². The fraction of sp³-hybridized carbons (Fsp3) is 0.0909. The number of amides is 1. The lowest BCUT2D eigenvalue weighted by Crippen LogP contribution is -2.19. The van der Waals surface area contributed by atoms with Crippen LogP contribution in [-0.2, 0) is 11.3 Å². The van der Waals surface area contributed by atoms with Gasteiger partial charge < -0.3 is 21.3 Å². The van der Waals surface area contributed by atoms with E-state index in [0.717, 1.165) is 22.7 Å². The molecule has 0 atom stereocenters. The third kappa shape index (κ3) is 6.48. The van der Waals surface area contributed by atoms with Gasteiger partial charge in [0.25, 0.3) is 0 Å². The minimum Gasteiger partial charge on any atom is -0.380 e. The molecule has 0 heterocycles. The Hall–Kier alpha value is -3.09. The molecule has 3 aromatic carbocycles. The molecule has 148 valence electrons. The van der Waals surface area contributed by atoms with Gasteiger partial charge in [0.15, 0.2) is 5.11 Å². The Kier molecular flexibility index (Phi) is 7.05. The number of benzene rings is 3. The second kappa shape index (κ2) is 9.91. The molecule has 29 heavy (non-hydrogen) atoms. The van der Waals surface area contributed by atoms with Gasteiger partial charge >= 0.3 is 0 Å². The van der Waals surface area contributed by atoms with Crippen LogP contribution in [0, 0.1) is 0 Å². The molecule has 3 rings (SSSR count). The van der Waals surface area contributed by atoms with Crippen LogP contribution in [0.1, 0.15) is 12.5 Å². The van der Waals surface area contributed by atoms with E-state index in [4.69, 9.17) is 23.8 Å². The molecule has 0 aromatic heterocycles. The first-order chi connectivity index (χ1) is 14.0. The highest BCUT2D eigenvalue weighted by atomic mass is 35.5. The van der Waals surface area contributed by atoms with E-state index in [0.29, 0.717) is 16.7 Å². The Bertz CT molecular complexity index is 993. The summed E-state index contributed by atoms with van der Waals surface area (Å²) >= 11 is 11.8. The molecule has 0 unspecified atom stereocenters. The smallest absolute Gasteiger partial charge is 0.221 e.